The number of hydrogen-bond acceptors (Lipinski definition) is 5. The van der Waals surface area contributed by atoms with Crippen molar-refractivity contribution in [2.75, 3.05) is 6.61 Å². The highest BCUT2D eigenvalue weighted by Gasteiger charge is 2.46. The van der Waals surface area contributed by atoms with Crippen LogP contribution in [-0.4, -0.2) is 42.8 Å². The van der Waals surface area contributed by atoms with Crippen molar-refractivity contribution in [3.8, 4) is 0 Å². The molecule has 122 valence electrons. The number of carbonyl (C=O) groups excluding carboxylic acids is 2. The van der Waals surface area contributed by atoms with Crippen LogP contribution in [-0.2, 0) is 23.8 Å². The van der Waals surface area contributed by atoms with Gasteiger partial charge in [-0.2, -0.15) is 0 Å². The number of hydrogen-bond donors (Lipinski definition) is 0. The summed E-state index contributed by atoms with van der Waals surface area (Å²) in [5, 5.41) is 0. The molecular formula is C17H24O5. The Morgan fingerprint density at radius 1 is 0.909 bits per heavy atom. The van der Waals surface area contributed by atoms with Crippen LogP contribution in [0.25, 0.3) is 0 Å². The van der Waals surface area contributed by atoms with E-state index in [4.69, 9.17) is 14.2 Å². The quantitative estimate of drug-likeness (QED) is 0.554. The van der Waals surface area contributed by atoms with Gasteiger partial charge in [0.2, 0.25) is 0 Å². The molecule has 4 fully saturated rings. The van der Waals surface area contributed by atoms with Gasteiger partial charge in [0, 0.05) is 6.42 Å². The third-order valence-electron chi connectivity index (χ3n) is 5.66. The van der Waals surface area contributed by atoms with Gasteiger partial charge in [0.15, 0.2) is 5.78 Å². The van der Waals surface area contributed by atoms with Crippen molar-refractivity contribution in [1.29, 1.82) is 0 Å². The van der Waals surface area contributed by atoms with E-state index < -0.39 is 0 Å². The van der Waals surface area contributed by atoms with Gasteiger partial charge in [-0.25, -0.2) is 0 Å². The van der Waals surface area contributed by atoms with Gasteiger partial charge in [-0.05, 0) is 50.9 Å². The van der Waals surface area contributed by atoms with Crippen LogP contribution in [0.5, 0.6) is 0 Å². The van der Waals surface area contributed by atoms with E-state index in [2.05, 4.69) is 0 Å². The normalized spacial score (nSPS) is 42.0. The van der Waals surface area contributed by atoms with E-state index in [1.54, 1.807) is 0 Å². The number of rotatable bonds is 6. The molecule has 0 amide bonds. The maximum Gasteiger partial charge on any atom is 0.309 e. The average molecular weight is 308 g/mol. The van der Waals surface area contributed by atoms with Gasteiger partial charge in [0.25, 0.3) is 0 Å². The van der Waals surface area contributed by atoms with Crippen molar-refractivity contribution >= 4 is 11.8 Å². The highest BCUT2D eigenvalue weighted by atomic mass is 16.6. The van der Waals surface area contributed by atoms with E-state index in [1.165, 1.54) is 6.42 Å². The van der Waals surface area contributed by atoms with Crippen molar-refractivity contribution in [3.63, 3.8) is 0 Å². The number of Topliss-reactive ketones (excluding diaryl/α,β-unsaturated/α-hetero) is 1. The lowest BCUT2D eigenvalue weighted by Gasteiger charge is -2.19. The zero-order valence-electron chi connectivity index (χ0n) is 12.9. The summed E-state index contributed by atoms with van der Waals surface area (Å²) in [5.74, 6) is 0.363. The van der Waals surface area contributed by atoms with Gasteiger partial charge in [-0.3, -0.25) is 9.59 Å². The summed E-state index contributed by atoms with van der Waals surface area (Å²) in [6.45, 7) is -0.0560. The molecule has 5 heteroatoms. The van der Waals surface area contributed by atoms with E-state index in [0.29, 0.717) is 30.7 Å². The molecule has 0 aromatic carbocycles. The number of ketones is 1. The van der Waals surface area contributed by atoms with Crippen molar-refractivity contribution < 1.29 is 23.8 Å². The Kier molecular flexibility index (Phi) is 3.95. The number of carbonyl (C=O) groups is 2. The lowest BCUT2D eigenvalue weighted by Crippen LogP contribution is -2.26. The summed E-state index contributed by atoms with van der Waals surface area (Å²) in [7, 11) is 0. The van der Waals surface area contributed by atoms with Crippen molar-refractivity contribution in [1.82, 2.24) is 0 Å². The van der Waals surface area contributed by atoms with Crippen LogP contribution in [0.2, 0.25) is 0 Å². The van der Waals surface area contributed by atoms with Crippen LogP contribution in [0.15, 0.2) is 0 Å². The van der Waals surface area contributed by atoms with E-state index >= 15 is 0 Å². The van der Waals surface area contributed by atoms with Crippen LogP contribution in [0.3, 0.4) is 0 Å². The van der Waals surface area contributed by atoms with E-state index in [1.807, 2.05) is 0 Å². The molecule has 6 atom stereocenters. The molecule has 4 aliphatic rings. The highest BCUT2D eigenvalue weighted by molar-refractivity contribution is 5.83. The molecule has 0 aromatic rings. The molecule has 0 spiro atoms. The summed E-state index contributed by atoms with van der Waals surface area (Å²) in [5.41, 5.74) is 0. The lowest BCUT2D eigenvalue weighted by molar-refractivity contribution is -0.153. The van der Waals surface area contributed by atoms with Crippen LogP contribution < -0.4 is 0 Å². The Bertz CT molecular complexity index is 462. The van der Waals surface area contributed by atoms with Gasteiger partial charge in [0.1, 0.15) is 6.61 Å². The SMILES string of the molecule is O=C(CCC1CCC2OC2C1)COC(=O)C1CCC2OC2C1. The first-order valence-corrected chi connectivity index (χ1v) is 8.68. The summed E-state index contributed by atoms with van der Waals surface area (Å²) in [6, 6.07) is 0. The molecule has 0 bridgehead atoms. The van der Waals surface area contributed by atoms with Gasteiger partial charge < -0.3 is 14.2 Å². The fourth-order valence-electron chi connectivity index (χ4n) is 4.07. The minimum atomic E-state index is -0.214. The molecule has 2 aliphatic carbocycles. The first-order valence-electron chi connectivity index (χ1n) is 8.68. The summed E-state index contributed by atoms with van der Waals surface area (Å²) in [6.07, 6.45) is 9.01. The third kappa shape index (κ3) is 3.35. The predicted molar refractivity (Wildman–Crippen MR) is 77.2 cm³/mol. The second-order valence-corrected chi connectivity index (χ2v) is 7.30. The number of fused-ring (bicyclic) bond motifs is 2. The largest absolute Gasteiger partial charge is 0.457 e. The molecule has 0 radical (unpaired) electrons. The first kappa shape index (κ1) is 14.6. The molecule has 22 heavy (non-hydrogen) atoms. The van der Waals surface area contributed by atoms with Crippen LogP contribution in [0.4, 0.5) is 0 Å². The van der Waals surface area contributed by atoms with E-state index in [9.17, 15) is 9.59 Å². The summed E-state index contributed by atoms with van der Waals surface area (Å²) < 4.78 is 16.1. The second kappa shape index (κ2) is 5.93. The van der Waals surface area contributed by atoms with Gasteiger partial charge in [0.05, 0.1) is 30.3 Å². The Morgan fingerprint density at radius 3 is 2.36 bits per heavy atom. The Labute approximate surface area is 130 Å². The maximum atomic E-state index is 12.0. The van der Waals surface area contributed by atoms with Crippen LogP contribution in [0.1, 0.15) is 51.4 Å². The molecule has 2 saturated carbocycles. The Morgan fingerprint density at radius 2 is 1.64 bits per heavy atom. The molecule has 0 N–H and O–H groups in total. The molecule has 6 unspecified atom stereocenters. The number of esters is 1. The van der Waals surface area contributed by atoms with E-state index in [0.717, 1.165) is 38.5 Å². The van der Waals surface area contributed by atoms with Gasteiger partial charge >= 0.3 is 5.97 Å². The molecule has 2 heterocycles. The number of ether oxygens (including phenoxy) is 3. The fraction of sp³-hybridized carbons (Fsp3) is 0.882. The highest BCUT2D eigenvalue weighted by Crippen LogP contribution is 2.41. The molecule has 0 aromatic heterocycles. The molecule has 2 aliphatic heterocycles. The summed E-state index contributed by atoms with van der Waals surface area (Å²) >= 11 is 0. The maximum absolute atomic E-state index is 12.0. The minimum Gasteiger partial charge on any atom is -0.457 e. The monoisotopic (exact) mass is 308 g/mol. The molecule has 4 rings (SSSR count). The number of epoxide rings is 2. The first-order chi connectivity index (χ1) is 10.7. The molecule has 5 nitrogen and oxygen atoms in total. The Hall–Kier alpha value is -0.940. The second-order valence-electron chi connectivity index (χ2n) is 7.30. The van der Waals surface area contributed by atoms with E-state index in [-0.39, 0.29) is 30.4 Å². The summed E-state index contributed by atoms with van der Waals surface area (Å²) in [4.78, 5) is 23.9. The predicted octanol–water partition coefficient (Wildman–Crippen LogP) is 2.01. The van der Waals surface area contributed by atoms with Crippen molar-refractivity contribution in [2.45, 2.75) is 75.8 Å². The van der Waals surface area contributed by atoms with Gasteiger partial charge in [-0.15, -0.1) is 0 Å². The van der Waals surface area contributed by atoms with Gasteiger partial charge in [-0.1, -0.05) is 0 Å². The van der Waals surface area contributed by atoms with Crippen LogP contribution in [0, 0.1) is 11.8 Å². The zero-order chi connectivity index (χ0) is 15.1. The standard InChI is InChI=1S/C17H24O5/c18-12(4-1-10-2-5-13-15(7-10)21-13)9-20-17(19)11-3-6-14-16(8-11)22-14/h10-11,13-16H,1-9H2. The Balaban J connectivity index is 1.12. The van der Waals surface area contributed by atoms with Crippen molar-refractivity contribution in [2.24, 2.45) is 11.8 Å². The van der Waals surface area contributed by atoms with Crippen molar-refractivity contribution in [3.05, 3.63) is 0 Å². The molecule has 2 saturated heterocycles. The zero-order valence-corrected chi connectivity index (χ0v) is 12.9. The fourth-order valence-corrected chi connectivity index (χ4v) is 4.07. The average Bonchev–Trinajstić information content (AvgIpc) is 3.43. The van der Waals surface area contributed by atoms with Crippen LogP contribution >= 0.6 is 0 Å². The molecular weight excluding hydrogens is 284 g/mol. The third-order valence-corrected chi connectivity index (χ3v) is 5.66. The lowest BCUT2D eigenvalue weighted by atomic mass is 9.86. The smallest absolute Gasteiger partial charge is 0.309 e. The topological polar surface area (TPSA) is 68.4 Å². The minimum absolute atomic E-state index is 0.0450.